The number of anilines is 1. The van der Waals surface area contributed by atoms with Crippen LogP contribution >= 0.6 is 0 Å². The van der Waals surface area contributed by atoms with Crippen molar-refractivity contribution in [2.45, 2.75) is 40.2 Å². The summed E-state index contributed by atoms with van der Waals surface area (Å²) in [5.74, 6) is 0.958. The molecule has 0 bridgehead atoms. The SMILES string of the molecule is CC(C)(C)OC=O.CC1(C)COc2c(cccc2N2CCNCC2)C1=O. The molecule has 1 fully saturated rings. The van der Waals surface area contributed by atoms with Gasteiger partial charge in [0.25, 0.3) is 6.47 Å². The van der Waals surface area contributed by atoms with E-state index in [0.29, 0.717) is 13.1 Å². The molecule has 6 heteroatoms. The number of hydrogen-bond acceptors (Lipinski definition) is 6. The van der Waals surface area contributed by atoms with Gasteiger partial charge in [-0.1, -0.05) is 6.07 Å². The summed E-state index contributed by atoms with van der Waals surface area (Å²) < 4.78 is 10.5. The smallest absolute Gasteiger partial charge is 0.293 e. The lowest BCUT2D eigenvalue weighted by atomic mass is 9.82. The van der Waals surface area contributed by atoms with E-state index in [1.54, 1.807) is 0 Å². The predicted molar refractivity (Wildman–Crippen MR) is 102 cm³/mol. The van der Waals surface area contributed by atoms with Gasteiger partial charge in [0.05, 0.1) is 16.7 Å². The summed E-state index contributed by atoms with van der Waals surface area (Å²) in [6, 6.07) is 5.89. The van der Waals surface area contributed by atoms with Crippen LogP contribution in [0.3, 0.4) is 0 Å². The highest BCUT2D eigenvalue weighted by Gasteiger charge is 2.37. The number of benzene rings is 1. The lowest BCUT2D eigenvalue weighted by Gasteiger charge is -2.35. The van der Waals surface area contributed by atoms with E-state index in [9.17, 15) is 9.59 Å². The third kappa shape index (κ3) is 4.97. The summed E-state index contributed by atoms with van der Waals surface area (Å²) in [5, 5.41) is 3.34. The fourth-order valence-corrected chi connectivity index (χ4v) is 2.84. The zero-order valence-electron chi connectivity index (χ0n) is 16.4. The summed E-state index contributed by atoms with van der Waals surface area (Å²) in [7, 11) is 0. The third-order valence-electron chi connectivity index (χ3n) is 4.29. The van der Waals surface area contributed by atoms with Crippen molar-refractivity contribution in [2.24, 2.45) is 5.41 Å². The Morgan fingerprint density at radius 3 is 2.42 bits per heavy atom. The zero-order valence-corrected chi connectivity index (χ0v) is 16.4. The van der Waals surface area contributed by atoms with Gasteiger partial charge in [-0.3, -0.25) is 9.59 Å². The Labute approximate surface area is 155 Å². The van der Waals surface area contributed by atoms with Gasteiger partial charge in [-0.25, -0.2) is 0 Å². The number of piperazine rings is 1. The molecule has 1 N–H and O–H groups in total. The van der Waals surface area contributed by atoms with Gasteiger partial charge in [-0.2, -0.15) is 0 Å². The van der Waals surface area contributed by atoms with Crippen LogP contribution in [0.25, 0.3) is 0 Å². The molecule has 2 aliphatic rings. The lowest BCUT2D eigenvalue weighted by molar-refractivity contribution is -0.138. The molecule has 1 aromatic rings. The van der Waals surface area contributed by atoms with Crippen molar-refractivity contribution in [1.29, 1.82) is 0 Å². The van der Waals surface area contributed by atoms with Crippen LogP contribution < -0.4 is 15.0 Å². The summed E-state index contributed by atoms with van der Waals surface area (Å²) in [5.41, 5.74) is 1.05. The molecule has 6 nitrogen and oxygen atoms in total. The van der Waals surface area contributed by atoms with Crippen molar-refractivity contribution in [3.05, 3.63) is 23.8 Å². The number of fused-ring (bicyclic) bond motifs is 1. The summed E-state index contributed by atoms with van der Waals surface area (Å²) in [4.78, 5) is 24.4. The molecule has 0 saturated carbocycles. The first-order valence-electron chi connectivity index (χ1n) is 9.03. The fraction of sp³-hybridized carbons (Fsp3) is 0.600. The Kier molecular flexibility index (Phi) is 6.29. The van der Waals surface area contributed by atoms with E-state index in [4.69, 9.17) is 4.74 Å². The first-order valence-corrected chi connectivity index (χ1v) is 9.03. The minimum absolute atomic E-state index is 0.186. The molecule has 0 spiro atoms. The van der Waals surface area contributed by atoms with E-state index < -0.39 is 5.41 Å². The van der Waals surface area contributed by atoms with E-state index in [-0.39, 0.29) is 11.4 Å². The standard InChI is InChI=1S/C15H20N2O2.C5H10O2/c1-15(2)10-19-13-11(14(15)18)4-3-5-12(13)17-8-6-16-7-9-17;1-5(2,3)7-4-6/h3-5,16H,6-10H2,1-2H3;4H,1-3H3. The van der Waals surface area contributed by atoms with Crippen LogP contribution in [0, 0.1) is 5.41 Å². The van der Waals surface area contributed by atoms with Crippen LogP contribution in [-0.4, -0.2) is 50.6 Å². The van der Waals surface area contributed by atoms with E-state index >= 15 is 0 Å². The number of para-hydroxylation sites is 1. The number of nitrogens with zero attached hydrogens (tertiary/aromatic N) is 1. The monoisotopic (exact) mass is 362 g/mol. The number of hydrogen-bond donors (Lipinski definition) is 1. The molecular formula is C20H30N2O4. The van der Waals surface area contributed by atoms with E-state index in [1.165, 1.54) is 0 Å². The maximum Gasteiger partial charge on any atom is 0.293 e. The Morgan fingerprint density at radius 1 is 1.23 bits per heavy atom. The van der Waals surface area contributed by atoms with Crippen molar-refractivity contribution in [3.8, 4) is 5.75 Å². The molecule has 1 aromatic carbocycles. The second-order valence-electron chi connectivity index (χ2n) is 8.22. The second-order valence-corrected chi connectivity index (χ2v) is 8.22. The highest BCUT2D eigenvalue weighted by molar-refractivity contribution is 6.04. The molecule has 2 aliphatic heterocycles. The molecule has 2 heterocycles. The lowest BCUT2D eigenvalue weighted by Crippen LogP contribution is -2.44. The van der Waals surface area contributed by atoms with Gasteiger partial charge in [0.15, 0.2) is 11.5 Å². The molecule has 0 radical (unpaired) electrons. The highest BCUT2D eigenvalue weighted by Crippen LogP contribution is 2.40. The Bertz CT molecular complexity index is 644. The first kappa shape index (κ1) is 20.2. The zero-order chi connectivity index (χ0) is 19.4. The van der Waals surface area contributed by atoms with Crippen molar-refractivity contribution >= 4 is 17.9 Å². The second kappa shape index (κ2) is 8.08. The van der Waals surface area contributed by atoms with Gasteiger partial charge >= 0.3 is 0 Å². The number of Topliss-reactive ketones (excluding diaryl/α,β-unsaturated/α-hetero) is 1. The van der Waals surface area contributed by atoms with Gasteiger partial charge in [0.1, 0.15) is 12.2 Å². The van der Waals surface area contributed by atoms with Gasteiger partial charge in [-0.15, -0.1) is 0 Å². The summed E-state index contributed by atoms with van der Waals surface area (Å²) in [6.07, 6.45) is 0. The van der Waals surface area contributed by atoms with Gasteiger partial charge in [0.2, 0.25) is 0 Å². The quantitative estimate of drug-likeness (QED) is 0.816. The normalized spacial score (nSPS) is 18.8. The number of rotatable bonds is 2. The predicted octanol–water partition coefficient (Wildman–Crippen LogP) is 2.66. The average Bonchev–Trinajstić information content (AvgIpc) is 2.58. The molecule has 144 valence electrons. The fourth-order valence-electron chi connectivity index (χ4n) is 2.84. The topological polar surface area (TPSA) is 67.9 Å². The summed E-state index contributed by atoms with van der Waals surface area (Å²) in [6.45, 7) is 14.1. The number of ketones is 1. The van der Waals surface area contributed by atoms with Crippen LogP contribution in [0.2, 0.25) is 0 Å². The van der Waals surface area contributed by atoms with Crippen molar-refractivity contribution in [2.75, 3.05) is 37.7 Å². The van der Waals surface area contributed by atoms with Crippen molar-refractivity contribution in [1.82, 2.24) is 5.32 Å². The van der Waals surface area contributed by atoms with Gasteiger partial charge < -0.3 is 19.7 Å². The molecule has 0 amide bonds. The molecular weight excluding hydrogens is 332 g/mol. The van der Waals surface area contributed by atoms with Crippen molar-refractivity contribution in [3.63, 3.8) is 0 Å². The minimum Gasteiger partial charge on any atom is -0.490 e. The van der Waals surface area contributed by atoms with Crippen LogP contribution in [0.15, 0.2) is 18.2 Å². The summed E-state index contributed by atoms with van der Waals surface area (Å²) >= 11 is 0. The van der Waals surface area contributed by atoms with Crippen molar-refractivity contribution < 1.29 is 19.1 Å². The highest BCUT2D eigenvalue weighted by atomic mass is 16.5. The molecule has 1 saturated heterocycles. The van der Waals surface area contributed by atoms with E-state index in [0.717, 1.165) is 43.2 Å². The Morgan fingerprint density at radius 2 is 1.88 bits per heavy atom. The minimum atomic E-state index is -0.422. The van der Waals surface area contributed by atoms with E-state index in [1.807, 2.05) is 46.8 Å². The number of carbonyl (C=O) groups excluding carboxylic acids is 2. The molecule has 0 aliphatic carbocycles. The van der Waals surface area contributed by atoms with Crippen LogP contribution in [0.5, 0.6) is 5.75 Å². The maximum absolute atomic E-state index is 12.5. The van der Waals surface area contributed by atoms with Crippen LogP contribution in [-0.2, 0) is 9.53 Å². The van der Waals surface area contributed by atoms with E-state index in [2.05, 4.69) is 21.0 Å². The molecule has 0 aromatic heterocycles. The molecule has 0 unspecified atom stereocenters. The average molecular weight is 362 g/mol. The number of ether oxygens (including phenoxy) is 2. The van der Waals surface area contributed by atoms with Gasteiger partial charge in [0, 0.05) is 26.2 Å². The third-order valence-corrected chi connectivity index (χ3v) is 4.29. The van der Waals surface area contributed by atoms with Crippen LogP contribution in [0.4, 0.5) is 5.69 Å². The molecule has 26 heavy (non-hydrogen) atoms. The first-order chi connectivity index (χ1) is 12.2. The number of carbonyl (C=O) groups is 2. The molecule has 3 rings (SSSR count). The van der Waals surface area contributed by atoms with Gasteiger partial charge in [-0.05, 0) is 46.8 Å². The Balaban J connectivity index is 0.000000298. The number of nitrogens with one attached hydrogen (secondary N) is 1. The van der Waals surface area contributed by atoms with Crippen LogP contribution in [0.1, 0.15) is 45.0 Å². The largest absolute Gasteiger partial charge is 0.490 e. The maximum atomic E-state index is 12.5. The molecule has 0 atom stereocenters. The Hall–Kier alpha value is -2.08.